The Morgan fingerprint density at radius 2 is 1.95 bits per heavy atom. The molecule has 0 aliphatic rings. The molecule has 0 bridgehead atoms. The second-order valence-corrected chi connectivity index (χ2v) is 6.12. The summed E-state index contributed by atoms with van der Waals surface area (Å²) in [7, 11) is 0. The smallest absolute Gasteiger partial charge is 0.407 e. The molecule has 1 atom stereocenters. The number of ether oxygens (including phenoxy) is 1. The van der Waals surface area contributed by atoms with Crippen molar-refractivity contribution < 1.29 is 18.3 Å². The summed E-state index contributed by atoms with van der Waals surface area (Å²) in [6.07, 6.45) is 0.306. The second kappa shape index (κ2) is 8.08. The molecule has 0 aromatic heterocycles. The molecule has 1 aromatic rings. The van der Waals surface area contributed by atoms with Gasteiger partial charge in [-0.25, -0.2) is 13.6 Å². The number of amides is 1. The van der Waals surface area contributed by atoms with Gasteiger partial charge in [-0.1, -0.05) is 13.0 Å². The highest BCUT2D eigenvalue weighted by Crippen LogP contribution is 2.09. The van der Waals surface area contributed by atoms with Crippen molar-refractivity contribution in [3.63, 3.8) is 0 Å². The Kier molecular flexibility index (Phi) is 6.74. The topological polar surface area (TPSA) is 50.4 Å². The van der Waals surface area contributed by atoms with Crippen molar-refractivity contribution in [1.29, 1.82) is 0 Å². The number of benzene rings is 1. The van der Waals surface area contributed by atoms with E-state index in [0.717, 1.165) is 18.6 Å². The Bertz CT molecular complexity index is 501. The van der Waals surface area contributed by atoms with Gasteiger partial charge >= 0.3 is 6.09 Å². The molecule has 0 radical (unpaired) electrons. The number of carbonyl (C=O) groups excluding carboxylic acids is 1. The molecule has 0 saturated heterocycles. The van der Waals surface area contributed by atoms with Gasteiger partial charge in [-0.2, -0.15) is 0 Å². The summed E-state index contributed by atoms with van der Waals surface area (Å²) < 4.78 is 31.1. The molecule has 22 heavy (non-hydrogen) atoms. The van der Waals surface area contributed by atoms with Crippen LogP contribution in [0.2, 0.25) is 0 Å². The van der Waals surface area contributed by atoms with E-state index in [1.807, 2.05) is 6.92 Å². The Hall–Kier alpha value is -1.69. The van der Waals surface area contributed by atoms with Crippen molar-refractivity contribution in [2.75, 3.05) is 6.54 Å². The third-order valence-corrected chi connectivity index (χ3v) is 2.96. The summed E-state index contributed by atoms with van der Waals surface area (Å²) >= 11 is 0. The van der Waals surface area contributed by atoms with Gasteiger partial charge in [0.1, 0.15) is 5.60 Å². The maximum absolute atomic E-state index is 13.1. The number of hydrogen-bond acceptors (Lipinski definition) is 3. The Morgan fingerprint density at radius 1 is 1.27 bits per heavy atom. The highest BCUT2D eigenvalue weighted by molar-refractivity contribution is 5.67. The minimum absolute atomic E-state index is 0.0145. The van der Waals surface area contributed by atoms with Crippen LogP contribution in [-0.4, -0.2) is 24.3 Å². The van der Waals surface area contributed by atoms with E-state index in [0.29, 0.717) is 18.7 Å². The van der Waals surface area contributed by atoms with E-state index in [4.69, 9.17) is 4.74 Å². The van der Waals surface area contributed by atoms with Gasteiger partial charge in [0, 0.05) is 19.1 Å². The summed E-state index contributed by atoms with van der Waals surface area (Å²) in [4.78, 5) is 11.6. The molecule has 0 fully saturated rings. The van der Waals surface area contributed by atoms with Crippen LogP contribution in [0.3, 0.4) is 0 Å². The van der Waals surface area contributed by atoms with Crippen LogP contribution in [0.15, 0.2) is 18.2 Å². The van der Waals surface area contributed by atoms with Gasteiger partial charge in [0.05, 0.1) is 0 Å². The molecule has 0 spiro atoms. The van der Waals surface area contributed by atoms with Gasteiger partial charge in [0.25, 0.3) is 0 Å². The standard InChI is InChI=1S/C16H24F2N2O2/c1-5-12(10-20-15(21)22-16(2,3)4)19-9-11-6-7-13(17)14(18)8-11/h6-8,12,19H,5,9-10H2,1-4H3,(H,20,21). The van der Waals surface area contributed by atoms with Crippen LogP contribution in [0.25, 0.3) is 0 Å². The van der Waals surface area contributed by atoms with Gasteiger partial charge in [-0.15, -0.1) is 0 Å². The van der Waals surface area contributed by atoms with Gasteiger partial charge in [-0.05, 0) is 44.9 Å². The monoisotopic (exact) mass is 314 g/mol. The first-order valence-electron chi connectivity index (χ1n) is 7.35. The molecule has 6 heteroatoms. The first kappa shape index (κ1) is 18.4. The number of rotatable bonds is 6. The lowest BCUT2D eigenvalue weighted by molar-refractivity contribution is 0.0522. The lowest BCUT2D eigenvalue weighted by Gasteiger charge is -2.22. The molecule has 4 nitrogen and oxygen atoms in total. The predicted molar refractivity (Wildman–Crippen MR) is 81.5 cm³/mol. The van der Waals surface area contributed by atoms with Crippen LogP contribution in [0.4, 0.5) is 13.6 Å². The lowest BCUT2D eigenvalue weighted by Crippen LogP contribution is -2.42. The van der Waals surface area contributed by atoms with Gasteiger partial charge in [-0.3, -0.25) is 0 Å². The van der Waals surface area contributed by atoms with E-state index in [-0.39, 0.29) is 6.04 Å². The van der Waals surface area contributed by atoms with E-state index in [1.54, 1.807) is 20.8 Å². The maximum atomic E-state index is 13.1. The SMILES string of the molecule is CCC(CNC(=O)OC(C)(C)C)NCc1ccc(F)c(F)c1. The Balaban J connectivity index is 2.42. The summed E-state index contributed by atoms with van der Waals surface area (Å²) in [5.74, 6) is -1.72. The largest absolute Gasteiger partial charge is 0.444 e. The average molecular weight is 314 g/mol. The third kappa shape index (κ3) is 6.85. The number of carbonyl (C=O) groups is 1. The quantitative estimate of drug-likeness (QED) is 0.846. The number of halogens is 2. The highest BCUT2D eigenvalue weighted by Gasteiger charge is 2.17. The summed E-state index contributed by atoms with van der Waals surface area (Å²) in [6, 6.07) is 3.81. The van der Waals surface area contributed by atoms with Crippen molar-refractivity contribution in [2.45, 2.75) is 52.3 Å². The molecule has 1 rings (SSSR count). The van der Waals surface area contributed by atoms with Gasteiger partial charge < -0.3 is 15.4 Å². The molecule has 0 aliphatic heterocycles. The molecular weight excluding hydrogens is 290 g/mol. The van der Waals surface area contributed by atoms with E-state index in [9.17, 15) is 13.6 Å². The normalized spacial score (nSPS) is 12.8. The third-order valence-electron chi connectivity index (χ3n) is 2.96. The average Bonchev–Trinajstić information content (AvgIpc) is 2.41. The summed E-state index contributed by atoms with van der Waals surface area (Å²) in [5, 5.41) is 5.88. The Labute approximate surface area is 130 Å². The zero-order chi connectivity index (χ0) is 16.8. The second-order valence-electron chi connectivity index (χ2n) is 6.12. The van der Waals surface area contributed by atoms with Crippen LogP contribution in [0.1, 0.15) is 39.7 Å². The molecular formula is C16H24F2N2O2. The fourth-order valence-electron chi connectivity index (χ4n) is 1.79. The minimum Gasteiger partial charge on any atom is -0.444 e. The first-order chi connectivity index (χ1) is 10.2. The van der Waals surface area contributed by atoms with Crippen LogP contribution >= 0.6 is 0 Å². The van der Waals surface area contributed by atoms with Crippen LogP contribution < -0.4 is 10.6 Å². The zero-order valence-corrected chi connectivity index (χ0v) is 13.5. The van der Waals surface area contributed by atoms with Crippen molar-refractivity contribution >= 4 is 6.09 Å². The van der Waals surface area contributed by atoms with Gasteiger partial charge in [0.15, 0.2) is 11.6 Å². The molecule has 0 aliphatic carbocycles. The van der Waals surface area contributed by atoms with Crippen molar-refractivity contribution in [1.82, 2.24) is 10.6 Å². The van der Waals surface area contributed by atoms with Crippen molar-refractivity contribution in [2.24, 2.45) is 0 Å². The van der Waals surface area contributed by atoms with Crippen molar-refractivity contribution in [3.8, 4) is 0 Å². The van der Waals surface area contributed by atoms with E-state index in [1.165, 1.54) is 6.07 Å². The van der Waals surface area contributed by atoms with Crippen LogP contribution in [0, 0.1) is 11.6 Å². The van der Waals surface area contributed by atoms with E-state index < -0.39 is 23.3 Å². The number of hydrogen-bond donors (Lipinski definition) is 2. The molecule has 0 heterocycles. The highest BCUT2D eigenvalue weighted by atomic mass is 19.2. The zero-order valence-electron chi connectivity index (χ0n) is 13.5. The fraction of sp³-hybridized carbons (Fsp3) is 0.562. The Morgan fingerprint density at radius 3 is 2.50 bits per heavy atom. The molecule has 124 valence electrons. The molecule has 2 N–H and O–H groups in total. The van der Waals surface area contributed by atoms with E-state index >= 15 is 0 Å². The van der Waals surface area contributed by atoms with Crippen LogP contribution in [-0.2, 0) is 11.3 Å². The molecule has 1 unspecified atom stereocenters. The van der Waals surface area contributed by atoms with Gasteiger partial charge in [0.2, 0.25) is 0 Å². The molecule has 1 aromatic carbocycles. The lowest BCUT2D eigenvalue weighted by atomic mass is 10.1. The fourth-order valence-corrected chi connectivity index (χ4v) is 1.79. The number of nitrogens with one attached hydrogen (secondary N) is 2. The number of alkyl carbamates (subject to hydrolysis) is 1. The van der Waals surface area contributed by atoms with Crippen LogP contribution in [0.5, 0.6) is 0 Å². The first-order valence-corrected chi connectivity index (χ1v) is 7.35. The summed E-state index contributed by atoms with van der Waals surface area (Å²) in [5.41, 5.74) is 0.111. The van der Waals surface area contributed by atoms with Crippen molar-refractivity contribution in [3.05, 3.63) is 35.4 Å². The van der Waals surface area contributed by atoms with E-state index in [2.05, 4.69) is 10.6 Å². The minimum atomic E-state index is -0.862. The molecule has 0 saturated carbocycles. The summed E-state index contributed by atoms with van der Waals surface area (Å²) in [6.45, 7) is 8.15. The maximum Gasteiger partial charge on any atom is 0.407 e. The predicted octanol–water partition coefficient (Wildman–Crippen LogP) is 3.36. The molecule has 1 amide bonds.